The molecule has 3 aromatic rings. The fourth-order valence-corrected chi connectivity index (χ4v) is 2.77. The lowest BCUT2D eigenvalue weighted by Gasteiger charge is -2.11. The summed E-state index contributed by atoms with van der Waals surface area (Å²) in [5.41, 5.74) is 2.60. The van der Waals surface area contributed by atoms with Crippen LogP contribution in [0, 0.1) is 13.8 Å². The number of benzene rings is 2. The van der Waals surface area contributed by atoms with Crippen molar-refractivity contribution in [2.24, 2.45) is 0 Å². The maximum atomic E-state index is 12.4. The Hall–Kier alpha value is -3.19. The topological polar surface area (TPSA) is 93.1 Å². The predicted octanol–water partition coefficient (Wildman–Crippen LogP) is 3.02. The molecule has 8 heteroatoms. The Balaban J connectivity index is 1.70. The highest BCUT2D eigenvalue weighted by molar-refractivity contribution is 6.31. The summed E-state index contributed by atoms with van der Waals surface area (Å²) in [6.07, 6.45) is 1.25. The van der Waals surface area contributed by atoms with Gasteiger partial charge in [-0.2, -0.15) is 0 Å². The van der Waals surface area contributed by atoms with Gasteiger partial charge in [0.05, 0.1) is 17.2 Å². The maximum absolute atomic E-state index is 12.4. The van der Waals surface area contributed by atoms with Gasteiger partial charge < -0.3 is 5.32 Å². The SMILES string of the molecule is Cc1cccc(NC(=O)NC(=O)Cn2cnc3cc(Cl)ccc3c2=O)c1C. The summed E-state index contributed by atoms with van der Waals surface area (Å²) in [5, 5.41) is 5.65. The highest BCUT2D eigenvalue weighted by Gasteiger charge is 2.12. The van der Waals surface area contributed by atoms with Crippen LogP contribution in [0.5, 0.6) is 0 Å². The third-order valence-electron chi connectivity index (χ3n) is 4.21. The van der Waals surface area contributed by atoms with Crippen molar-refractivity contribution in [1.82, 2.24) is 14.9 Å². The Morgan fingerprint density at radius 2 is 1.96 bits per heavy atom. The molecule has 0 spiro atoms. The predicted molar refractivity (Wildman–Crippen MR) is 104 cm³/mol. The Morgan fingerprint density at radius 1 is 1.19 bits per heavy atom. The lowest BCUT2D eigenvalue weighted by molar-refractivity contribution is -0.120. The van der Waals surface area contributed by atoms with Crippen LogP contribution in [0.3, 0.4) is 0 Å². The molecule has 0 radical (unpaired) electrons. The van der Waals surface area contributed by atoms with Crippen LogP contribution < -0.4 is 16.2 Å². The number of hydrogen-bond donors (Lipinski definition) is 2. The van der Waals surface area contributed by atoms with Crippen LogP contribution in [-0.2, 0) is 11.3 Å². The molecule has 3 rings (SSSR count). The number of nitrogens with one attached hydrogen (secondary N) is 2. The molecular weight excluding hydrogens is 368 g/mol. The van der Waals surface area contributed by atoms with Gasteiger partial charge in [0.1, 0.15) is 6.54 Å². The van der Waals surface area contributed by atoms with Crippen LogP contribution in [0.15, 0.2) is 47.5 Å². The van der Waals surface area contributed by atoms with Gasteiger partial charge in [0, 0.05) is 10.7 Å². The van der Waals surface area contributed by atoms with Gasteiger partial charge >= 0.3 is 6.03 Å². The van der Waals surface area contributed by atoms with Gasteiger partial charge in [0.15, 0.2) is 0 Å². The summed E-state index contributed by atoms with van der Waals surface area (Å²) in [7, 11) is 0. The number of amides is 3. The monoisotopic (exact) mass is 384 g/mol. The molecule has 0 aliphatic rings. The number of anilines is 1. The quantitative estimate of drug-likeness (QED) is 0.725. The van der Waals surface area contributed by atoms with Crippen LogP contribution in [0.1, 0.15) is 11.1 Å². The van der Waals surface area contributed by atoms with E-state index in [4.69, 9.17) is 11.6 Å². The first-order valence-electron chi connectivity index (χ1n) is 8.17. The summed E-state index contributed by atoms with van der Waals surface area (Å²) in [6.45, 7) is 3.47. The van der Waals surface area contributed by atoms with E-state index in [9.17, 15) is 14.4 Å². The highest BCUT2D eigenvalue weighted by Crippen LogP contribution is 2.17. The van der Waals surface area contributed by atoms with Gasteiger partial charge in [0.2, 0.25) is 5.91 Å². The number of fused-ring (bicyclic) bond motifs is 1. The minimum absolute atomic E-state index is 0.329. The second-order valence-corrected chi connectivity index (χ2v) is 6.53. The number of aromatic nitrogens is 2. The molecule has 0 bridgehead atoms. The molecule has 0 unspecified atom stereocenters. The molecule has 2 aromatic carbocycles. The van der Waals surface area contributed by atoms with E-state index in [2.05, 4.69) is 15.6 Å². The molecule has 1 heterocycles. The van der Waals surface area contributed by atoms with Crippen molar-refractivity contribution in [3.63, 3.8) is 0 Å². The third kappa shape index (κ3) is 4.15. The van der Waals surface area contributed by atoms with Crippen molar-refractivity contribution in [2.75, 3.05) is 5.32 Å². The summed E-state index contributed by atoms with van der Waals surface area (Å²) < 4.78 is 1.14. The van der Waals surface area contributed by atoms with Crippen LogP contribution >= 0.6 is 11.6 Å². The second-order valence-electron chi connectivity index (χ2n) is 6.09. The second kappa shape index (κ2) is 7.59. The first kappa shape index (κ1) is 18.6. The summed E-state index contributed by atoms with van der Waals surface area (Å²) in [5.74, 6) is -0.630. The Morgan fingerprint density at radius 3 is 2.74 bits per heavy atom. The maximum Gasteiger partial charge on any atom is 0.325 e. The molecule has 0 aliphatic heterocycles. The van der Waals surface area contributed by atoms with Gasteiger partial charge in [-0.05, 0) is 49.2 Å². The molecule has 3 amide bonds. The normalized spacial score (nSPS) is 10.6. The Kier molecular flexibility index (Phi) is 5.23. The van der Waals surface area contributed by atoms with E-state index in [1.807, 2.05) is 26.0 Å². The van der Waals surface area contributed by atoms with E-state index in [0.717, 1.165) is 15.7 Å². The molecule has 0 saturated heterocycles. The number of rotatable bonds is 3. The van der Waals surface area contributed by atoms with Gasteiger partial charge in [-0.1, -0.05) is 23.7 Å². The molecule has 1 aromatic heterocycles. The minimum Gasteiger partial charge on any atom is -0.307 e. The fourth-order valence-electron chi connectivity index (χ4n) is 2.61. The largest absolute Gasteiger partial charge is 0.325 e. The number of hydrogen-bond acceptors (Lipinski definition) is 4. The molecule has 2 N–H and O–H groups in total. The van der Waals surface area contributed by atoms with Crippen molar-refractivity contribution in [3.8, 4) is 0 Å². The highest BCUT2D eigenvalue weighted by atomic mass is 35.5. The average molecular weight is 385 g/mol. The number of nitrogens with zero attached hydrogens (tertiary/aromatic N) is 2. The van der Waals surface area contributed by atoms with Gasteiger partial charge in [-0.25, -0.2) is 9.78 Å². The van der Waals surface area contributed by atoms with E-state index < -0.39 is 11.9 Å². The molecule has 7 nitrogen and oxygen atoms in total. The first-order chi connectivity index (χ1) is 12.8. The van der Waals surface area contributed by atoms with E-state index in [0.29, 0.717) is 21.6 Å². The van der Waals surface area contributed by atoms with Gasteiger partial charge in [-0.3, -0.25) is 19.5 Å². The van der Waals surface area contributed by atoms with Crippen molar-refractivity contribution >= 4 is 40.1 Å². The zero-order valence-electron chi connectivity index (χ0n) is 14.7. The zero-order chi connectivity index (χ0) is 19.6. The Bertz CT molecular complexity index is 1110. The van der Waals surface area contributed by atoms with Crippen LogP contribution in [0.25, 0.3) is 10.9 Å². The number of carbonyl (C=O) groups excluding carboxylic acids is 2. The van der Waals surface area contributed by atoms with Crippen LogP contribution in [0.2, 0.25) is 5.02 Å². The van der Waals surface area contributed by atoms with E-state index in [-0.39, 0.29) is 12.1 Å². The minimum atomic E-state index is -0.665. The van der Waals surface area contributed by atoms with E-state index >= 15 is 0 Å². The zero-order valence-corrected chi connectivity index (χ0v) is 15.5. The van der Waals surface area contributed by atoms with Crippen LogP contribution in [-0.4, -0.2) is 21.5 Å². The molecular formula is C19H17ClN4O3. The molecule has 27 heavy (non-hydrogen) atoms. The fraction of sp³-hybridized carbons (Fsp3) is 0.158. The smallest absolute Gasteiger partial charge is 0.307 e. The average Bonchev–Trinajstić information content (AvgIpc) is 2.61. The van der Waals surface area contributed by atoms with Crippen LogP contribution in [0.4, 0.5) is 10.5 Å². The summed E-state index contributed by atoms with van der Waals surface area (Å²) >= 11 is 5.88. The lowest BCUT2D eigenvalue weighted by atomic mass is 10.1. The van der Waals surface area contributed by atoms with Crippen molar-refractivity contribution < 1.29 is 9.59 Å². The van der Waals surface area contributed by atoms with Gasteiger partial charge in [0.25, 0.3) is 5.56 Å². The number of aryl methyl sites for hydroxylation is 1. The number of carbonyl (C=O) groups is 2. The molecule has 0 aliphatic carbocycles. The number of imide groups is 1. The lowest BCUT2D eigenvalue weighted by Crippen LogP contribution is -2.38. The van der Waals surface area contributed by atoms with Crippen molar-refractivity contribution in [1.29, 1.82) is 0 Å². The summed E-state index contributed by atoms with van der Waals surface area (Å²) in [6, 6.07) is 9.52. The number of urea groups is 1. The molecule has 138 valence electrons. The molecule has 0 atom stereocenters. The van der Waals surface area contributed by atoms with Crippen molar-refractivity contribution in [2.45, 2.75) is 20.4 Å². The first-order valence-corrected chi connectivity index (χ1v) is 8.54. The standard InChI is InChI=1S/C19H17ClN4O3/c1-11-4-3-5-15(12(11)2)22-19(27)23-17(25)9-24-10-21-16-8-13(20)6-7-14(16)18(24)26/h3-8,10H,9H2,1-2H3,(H2,22,23,25,27). The molecule has 0 fully saturated rings. The number of halogens is 1. The third-order valence-corrected chi connectivity index (χ3v) is 4.44. The Labute approximate surface area is 160 Å². The van der Waals surface area contributed by atoms with Gasteiger partial charge in [-0.15, -0.1) is 0 Å². The summed E-state index contributed by atoms with van der Waals surface area (Å²) in [4.78, 5) is 40.7. The van der Waals surface area contributed by atoms with E-state index in [1.165, 1.54) is 6.33 Å². The van der Waals surface area contributed by atoms with E-state index in [1.54, 1.807) is 24.3 Å². The molecule has 0 saturated carbocycles. The van der Waals surface area contributed by atoms with Crippen molar-refractivity contribution in [3.05, 3.63) is 69.2 Å².